The number of hydrogen-bond donors (Lipinski definition) is 3. The average molecular weight is 394 g/mol. The Kier molecular flexibility index (Phi) is 6.21. The summed E-state index contributed by atoms with van der Waals surface area (Å²) in [6.07, 6.45) is 5.06. The summed E-state index contributed by atoms with van der Waals surface area (Å²) >= 11 is 6.21. The second-order valence-electron chi connectivity index (χ2n) is 7.07. The summed E-state index contributed by atoms with van der Waals surface area (Å²) in [7, 11) is 0. The van der Waals surface area contributed by atoms with E-state index in [0.717, 1.165) is 25.7 Å². The van der Waals surface area contributed by atoms with Crippen LogP contribution in [0.3, 0.4) is 0 Å². The highest BCUT2D eigenvalue weighted by Gasteiger charge is 2.30. The molecule has 27 heavy (non-hydrogen) atoms. The van der Waals surface area contributed by atoms with E-state index in [2.05, 4.69) is 10.6 Å². The molecule has 0 radical (unpaired) electrons. The van der Waals surface area contributed by atoms with Crippen molar-refractivity contribution in [1.82, 2.24) is 10.6 Å². The van der Waals surface area contributed by atoms with Crippen LogP contribution in [0.1, 0.15) is 48.9 Å². The van der Waals surface area contributed by atoms with E-state index in [-0.39, 0.29) is 11.9 Å². The Labute approximate surface area is 163 Å². The van der Waals surface area contributed by atoms with E-state index in [1.54, 1.807) is 18.2 Å². The van der Waals surface area contributed by atoms with Crippen molar-refractivity contribution in [2.24, 2.45) is 5.92 Å². The molecule has 146 valence electrons. The Balaban J connectivity index is 1.78. The molecule has 1 aromatic rings. The minimum Gasteiger partial charge on any atom is -0.481 e. The molecule has 8 heteroatoms. The number of urea groups is 1. The van der Waals surface area contributed by atoms with Gasteiger partial charge in [-0.2, -0.15) is 0 Å². The van der Waals surface area contributed by atoms with Gasteiger partial charge in [-0.15, -0.1) is 0 Å². The number of hydrogen-bond acceptors (Lipinski definition) is 3. The highest BCUT2D eigenvalue weighted by atomic mass is 35.5. The number of carbonyl (C=O) groups is 3. The van der Waals surface area contributed by atoms with Crippen molar-refractivity contribution >= 4 is 35.2 Å². The van der Waals surface area contributed by atoms with Crippen LogP contribution in [0.5, 0.6) is 0 Å². The lowest BCUT2D eigenvalue weighted by molar-refractivity contribution is -0.143. The lowest BCUT2D eigenvalue weighted by Crippen LogP contribution is -2.44. The van der Waals surface area contributed by atoms with Crippen molar-refractivity contribution in [1.29, 1.82) is 0 Å². The average Bonchev–Trinajstić information content (AvgIpc) is 3.03. The largest absolute Gasteiger partial charge is 0.481 e. The monoisotopic (exact) mass is 393 g/mol. The van der Waals surface area contributed by atoms with Crippen LogP contribution in [-0.2, 0) is 4.79 Å². The van der Waals surface area contributed by atoms with E-state index in [1.165, 1.54) is 4.90 Å². The molecule has 2 atom stereocenters. The molecule has 1 aromatic carbocycles. The number of amides is 3. The Morgan fingerprint density at radius 2 is 1.93 bits per heavy atom. The number of nitrogens with one attached hydrogen (secondary N) is 2. The predicted molar refractivity (Wildman–Crippen MR) is 102 cm³/mol. The van der Waals surface area contributed by atoms with Gasteiger partial charge in [-0.1, -0.05) is 37.3 Å². The van der Waals surface area contributed by atoms with Crippen molar-refractivity contribution in [3.05, 3.63) is 28.8 Å². The first-order valence-corrected chi connectivity index (χ1v) is 9.74. The Hall–Kier alpha value is -2.28. The molecule has 1 saturated heterocycles. The fourth-order valence-electron chi connectivity index (χ4n) is 3.77. The predicted octanol–water partition coefficient (Wildman–Crippen LogP) is 3.02. The van der Waals surface area contributed by atoms with E-state index >= 15 is 0 Å². The fraction of sp³-hybridized carbons (Fsp3) is 0.526. The Morgan fingerprint density at radius 1 is 1.19 bits per heavy atom. The van der Waals surface area contributed by atoms with Crippen LogP contribution in [0.2, 0.25) is 5.02 Å². The van der Waals surface area contributed by atoms with Crippen LogP contribution in [0.4, 0.5) is 10.5 Å². The second kappa shape index (κ2) is 8.61. The molecule has 0 aromatic heterocycles. The molecule has 3 amide bonds. The molecule has 1 aliphatic heterocycles. The number of carbonyl (C=O) groups excluding carboxylic acids is 2. The third-order valence-electron chi connectivity index (χ3n) is 5.26. The molecule has 2 fully saturated rings. The maximum absolute atomic E-state index is 12.8. The summed E-state index contributed by atoms with van der Waals surface area (Å²) in [5, 5.41) is 15.5. The molecule has 0 bridgehead atoms. The van der Waals surface area contributed by atoms with Crippen LogP contribution in [0, 0.1) is 5.92 Å². The van der Waals surface area contributed by atoms with E-state index in [0.29, 0.717) is 42.2 Å². The van der Waals surface area contributed by atoms with Gasteiger partial charge < -0.3 is 15.7 Å². The zero-order valence-electron chi connectivity index (χ0n) is 15.0. The molecular formula is C19H24ClN3O4. The summed E-state index contributed by atoms with van der Waals surface area (Å²) in [6, 6.07) is 4.11. The number of carboxylic acids is 1. The molecule has 0 spiro atoms. The maximum atomic E-state index is 12.8. The van der Waals surface area contributed by atoms with E-state index < -0.39 is 17.9 Å². The highest BCUT2D eigenvalue weighted by molar-refractivity contribution is 6.34. The third kappa shape index (κ3) is 4.53. The summed E-state index contributed by atoms with van der Waals surface area (Å²) in [4.78, 5) is 37.8. The quantitative estimate of drug-likeness (QED) is 0.732. The van der Waals surface area contributed by atoms with Gasteiger partial charge in [-0.05, 0) is 31.0 Å². The number of nitrogens with zero attached hydrogens (tertiary/aromatic N) is 1. The van der Waals surface area contributed by atoms with Crippen LogP contribution < -0.4 is 15.5 Å². The van der Waals surface area contributed by atoms with Gasteiger partial charge in [0.1, 0.15) is 0 Å². The van der Waals surface area contributed by atoms with E-state index in [1.807, 2.05) is 0 Å². The van der Waals surface area contributed by atoms with Gasteiger partial charge in [-0.3, -0.25) is 14.5 Å². The maximum Gasteiger partial charge on any atom is 0.322 e. The SMILES string of the molecule is O=C(NC1CCCCCCC1C(=O)O)c1ccc(Cl)c(N2CCNC2=O)c1. The molecule has 2 aliphatic rings. The number of aliphatic carboxylic acids is 1. The number of rotatable bonds is 4. The summed E-state index contributed by atoms with van der Waals surface area (Å²) in [5.41, 5.74) is 0.840. The zero-order valence-corrected chi connectivity index (χ0v) is 15.8. The first kappa shape index (κ1) is 19.5. The molecular weight excluding hydrogens is 370 g/mol. The molecule has 1 heterocycles. The molecule has 3 N–H and O–H groups in total. The number of anilines is 1. The number of carboxylic acid groups (broad SMARTS) is 1. The standard InChI is InChI=1S/C19H24ClN3O4/c20-14-8-7-12(11-16(14)23-10-9-21-19(23)27)17(24)22-15-6-4-2-1-3-5-13(15)18(25)26/h7-8,11,13,15H,1-6,9-10H2,(H,21,27)(H,22,24)(H,25,26). The number of halogens is 1. The summed E-state index contributed by atoms with van der Waals surface area (Å²) in [5.74, 6) is -1.79. The van der Waals surface area contributed by atoms with Crippen molar-refractivity contribution in [3.8, 4) is 0 Å². The minimum absolute atomic E-state index is 0.250. The zero-order chi connectivity index (χ0) is 19.4. The van der Waals surface area contributed by atoms with E-state index in [4.69, 9.17) is 11.6 Å². The highest BCUT2D eigenvalue weighted by Crippen LogP contribution is 2.29. The Morgan fingerprint density at radius 3 is 2.59 bits per heavy atom. The first-order valence-electron chi connectivity index (χ1n) is 9.36. The first-order chi connectivity index (χ1) is 13.0. The van der Waals surface area contributed by atoms with Crippen molar-refractivity contribution < 1.29 is 19.5 Å². The van der Waals surface area contributed by atoms with Crippen molar-refractivity contribution in [3.63, 3.8) is 0 Å². The summed E-state index contributed by atoms with van der Waals surface area (Å²) < 4.78 is 0. The third-order valence-corrected chi connectivity index (χ3v) is 5.58. The number of benzene rings is 1. The minimum atomic E-state index is -0.868. The van der Waals surface area contributed by atoms with Gasteiger partial charge >= 0.3 is 12.0 Å². The second-order valence-corrected chi connectivity index (χ2v) is 7.47. The van der Waals surface area contributed by atoms with Crippen LogP contribution >= 0.6 is 11.6 Å². The fourth-order valence-corrected chi connectivity index (χ4v) is 3.99. The normalized spacial score (nSPS) is 23.3. The lowest BCUT2D eigenvalue weighted by Gasteiger charge is -2.27. The molecule has 1 aliphatic carbocycles. The Bertz CT molecular complexity index is 740. The van der Waals surface area contributed by atoms with E-state index in [9.17, 15) is 19.5 Å². The van der Waals surface area contributed by atoms with Crippen LogP contribution in [0.15, 0.2) is 18.2 Å². The van der Waals surface area contributed by atoms with Gasteiger partial charge in [0.25, 0.3) is 5.91 Å². The molecule has 3 rings (SSSR count). The molecule has 1 saturated carbocycles. The van der Waals surface area contributed by atoms with Gasteiger partial charge in [0.15, 0.2) is 0 Å². The lowest BCUT2D eigenvalue weighted by atomic mass is 9.86. The van der Waals surface area contributed by atoms with Gasteiger partial charge in [0, 0.05) is 24.7 Å². The molecule has 7 nitrogen and oxygen atoms in total. The topological polar surface area (TPSA) is 98.7 Å². The summed E-state index contributed by atoms with van der Waals surface area (Å²) in [6.45, 7) is 1.00. The van der Waals surface area contributed by atoms with Crippen LogP contribution in [-0.4, -0.2) is 42.1 Å². The van der Waals surface area contributed by atoms with Crippen molar-refractivity contribution in [2.45, 2.75) is 44.6 Å². The molecule has 2 unspecified atom stereocenters. The van der Waals surface area contributed by atoms with Gasteiger partial charge in [-0.25, -0.2) is 4.79 Å². The smallest absolute Gasteiger partial charge is 0.322 e. The van der Waals surface area contributed by atoms with Crippen LogP contribution in [0.25, 0.3) is 0 Å². The van der Waals surface area contributed by atoms with Crippen molar-refractivity contribution in [2.75, 3.05) is 18.0 Å². The van der Waals surface area contributed by atoms with Gasteiger partial charge in [0.05, 0.1) is 16.6 Å². The van der Waals surface area contributed by atoms with Gasteiger partial charge in [0.2, 0.25) is 0 Å².